The number of anilines is 1. The number of nitrogens with one attached hydrogen (secondary N) is 1. The maximum atomic E-state index is 13.0. The van der Waals surface area contributed by atoms with Crippen LogP contribution in [0.4, 0.5) is 10.1 Å². The van der Waals surface area contributed by atoms with Gasteiger partial charge in [0.2, 0.25) is 0 Å². The number of hydrogen-bond donors (Lipinski definition) is 1. The molecule has 116 valence electrons. The molecule has 2 aliphatic rings. The lowest BCUT2D eigenvalue weighted by molar-refractivity contribution is 0.0696. The van der Waals surface area contributed by atoms with Crippen molar-refractivity contribution in [3.63, 3.8) is 0 Å². The summed E-state index contributed by atoms with van der Waals surface area (Å²) in [6.45, 7) is 7.96. The topological polar surface area (TPSA) is 27.7 Å². The van der Waals surface area contributed by atoms with Crippen LogP contribution in [0.25, 0.3) is 0 Å². The summed E-state index contributed by atoms with van der Waals surface area (Å²) in [7, 11) is 0. The third-order valence-corrected chi connectivity index (χ3v) is 4.36. The van der Waals surface area contributed by atoms with Gasteiger partial charge in [0.25, 0.3) is 0 Å². The molecule has 1 atom stereocenters. The van der Waals surface area contributed by atoms with Crippen LogP contribution in [0.5, 0.6) is 0 Å². The van der Waals surface area contributed by atoms with Crippen molar-refractivity contribution >= 4 is 5.69 Å². The Morgan fingerprint density at radius 1 is 1.14 bits per heavy atom. The fraction of sp³-hybridized carbons (Fsp3) is 0.625. The van der Waals surface area contributed by atoms with Gasteiger partial charge >= 0.3 is 0 Å². The van der Waals surface area contributed by atoms with Crippen molar-refractivity contribution in [2.24, 2.45) is 0 Å². The molecule has 0 radical (unpaired) electrons. The van der Waals surface area contributed by atoms with Crippen LogP contribution in [0.3, 0.4) is 0 Å². The normalized spacial score (nSPS) is 24.2. The third-order valence-electron chi connectivity index (χ3n) is 4.36. The third kappa shape index (κ3) is 4.15. The Labute approximate surface area is 125 Å². The summed E-state index contributed by atoms with van der Waals surface area (Å²) in [4.78, 5) is 4.84. The summed E-state index contributed by atoms with van der Waals surface area (Å²) >= 11 is 0. The molecule has 1 N–H and O–H groups in total. The fourth-order valence-electron chi connectivity index (χ4n) is 3.03. The molecule has 2 heterocycles. The van der Waals surface area contributed by atoms with E-state index in [1.807, 2.05) is 12.1 Å². The average molecular weight is 293 g/mol. The van der Waals surface area contributed by atoms with Gasteiger partial charge in [-0.25, -0.2) is 4.39 Å². The minimum Gasteiger partial charge on any atom is -0.379 e. The lowest BCUT2D eigenvalue weighted by Crippen LogP contribution is -2.49. The predicted octanol–water partition coefficient (Wildman–Crippen LogP) is 1.33. The maximum absolute atomic E-state index is 13.0. The first-order chi connectivity index (χ1) is 10.3. The van der Waals surface area contributed by atoms with Crippen molar-refractivity contribution in [1.82, 2.24) is 10.2 Å². The van der Waals surface area contributed by atoms with Crippen LogP contribution in [0.2, 0.25) is 0 Å². The smallest absolute Gasteiger partial charge is 0.123 e. The summed E-state index contributed by atoms with van der Waals surface area (Å²) < 4.78 is 18.4. The van der Waals surface area contributed by atoms with Crippen LogP contribution in [0.15, 0.2) is 24.3 Å². The Bertz CT molecular complexity index is 426. The summed E-state index contributed by atoms with van der Waals surface area (Å²) in [5, 5.41) is 3.50. The fourth-order valence-corrected chi connectivity index (χ4v) is 3.03. The van der Waals surface area contributed by atoms with Gasteiger partial charge in [-0.15, -0.1) is 0 Å². The Morgan fingerprint density at radius 3 is 2.57 bits per heavy atom. The molecule has 0 saturated carbocycles. The minimum atomic E-state index is -0.167. The van der Waals surface area contributed by atoms with Gasteiger partial charge < -0.3 is 15.0 Å². The van der Waals surface area contributed by atoms with Gasteiger partial charge in [-0.2, -0.15) is 0 Å². The highest BCUT2D eigenvalue weighted by Gasteiger charge is 2.19. The molecule has 5 heteroatoms. The zero-order chi connectivity index (χ0) is 14.5. The minimum absolute atomic E-state index is 0.167. The summed E-state index contributed by atoms with van der Waals surface area (Å²) in [6.07, 6.45) is 1.15. The van der Waals surface area contributed by atoms with Gasteiger partial charge in [0.1, 0.15) is 5.82 Å². The second-order valence-corrected chi connectivity index (χ2v) is 5.82. The highest BCUT2D eigenvalue weighted by atomic mass is 19.1. The first-order valence-electron chi connectivity index (χ1n) is 7.85. The first-order valence-corrected chi connectivity index (χ1v) is 7.85. The Kier molecular flexibility index (Phi) is 5.06. The molecule has 3 rings (SSSR count). The number of nitrogens with zero attached hydrogens (tertiary/aromatic N) is 2. The second kappa shape index (κ2) is 7.20. The van der Waals surface area contributed by atoms with Gasteiger partial charge in [0.15, 0.2) is 0 Å². The van der Waals surface area contributed by atoms with Crippen LogP contribution in [0, 0.1) is 5.82 Å². The molecule has 2 saturated heterocycles. The molecule has 21 heavy (non-hydrogen) atoms. The molecule has 0 spiro atoms. The quantitative estimate of drug-likeness (QED) is 0.906. The number of ether oxygens (including phenoxy) is 1. The number of hydrogen-bond acceptors (Lipinski definition) is 4. The number of morpholine rings is 1. The average Bonchev–Trinajstić information content (AvgIpc) is 2.55. The monoisotopic (exact) mass is 293 g/mol. The van der Waals surface area contributed by atoms with E-state index >= 15 is 0 Å². The second-order valence-electron chi connectivity index (χ2n) is 5.82. The number of piperazine rings is 1. The first kappa shape index (κ1) is 14.8. The van der Waals surface area contributed by atoms with E-state index < -0.39 is 0 Å². The van der Waals surface area contributed by atoms with E-state index in [9.17, 15) is 4.39 Å². The SMILES string of the molecule is Fc1ccc(N2CCN(CCC3COCCN3)CC2)cc1. The van der Waals surface area contributed by atoms with E-state index in [0.29, 0.717) is 6.04 Å². The molecule has 2 aliphatic heterocycles. The van der Waals surface area contributed by atoms with Crippen molar-refractivity contribution in [1.29, 1.82) is 0 Å². The van der Waals surface area contributed by atoms with Crippen molar-refractivity contribution in [3.05, 3.63) is 30.1 Å². The summed E-state index contributed by atoms with van der Waals surface area (Å²) in [5.74, 6) is -0.167. The van der Waals surface area contributed by atoms with Crippen LogP contribution in [0.1, 0.15) is 6.42 Å². The summed E-state index contributed by atoms with van der Waals surface area (Å²) in [6, 6.07) is 7.32. The van der Waals surface area contributed by atoms with E-state index in [1.54, 1.807) is 0 Å². The molecular formula is C16H24FN3O. The highest BCUT2D eigenvalue weighted by Crippen LogP contribution is 2.17. The zero-order valence-corrected chi connectivity index (χ0v) is 12.4. The lowest BCUT2D eigenvalue weighted by Gasteiger charge is -2.37. The Balaban J connectivity index is 1.41. The number of rotatable bonds is 4. The Hall–Kier alpha value is -1.17. The molecule has 1 aromatic carbocycles. The van der Waals surface area contributed by atoms with Crippen molar-refractivity contribution < 1.29 is 9.13 Å². The van der Waals surface area contributed by atoms with Gasteiger partial charge in [-0.3, -0.25) is 4.90 Å². The van der Waals surface area contributed by atoms with Crippen LogP contribution in [-0.2, 0) is 4.74 Å². The lowest BCUT2D eigenvalue weighted by atomic mass is 10.1. The standard InChI is InChI=1S/C16H24FN3O/c17-14-1-3-16(4-2-14)20-10-8-19(9-11-20)7-5-15-13-21-12-6-18-15/h1-4,15,18H,5-13H2. The van der Waals surface area contributed by atoms with Gasteiger partial charge in [0.05, 0.1) is 13.2 Å². The van der Waals surface area contributed by atoms with Gasteiger partial charge in [0, 0.05) is 44.5 Å². The molecule has 0 amide bonds. The highest BCUT2D eigenvalue weighted by molar-refractivity contribution is 5.46. The summed E-state index contributed by atoms with van der Waals surface area (Å²) in [5.41, 5.74) is 1.12. The van der Waals surface area contributed by atoms with E-state index in [-0.39, 0.29) is 5.82 Å². The van der Waals surface area contributed by atoms with E-state index in [0.717, 1.165) is 64.6 Å². The molecular weight excluding hydrogens is 269 g/mol. The number of halogens is 1. The molecule has 4 nitrogen and oxygen atoms in total. The molecule has 1 unspecified atom stereocenters. The van der Waals surface area contributed by atoms with Crippen molar-refractivity contribution in [2.45, 2.75) is 12.5 Å². The zero-order valence-electron chi connectivity index (χ0n) is 12.4. The molecule has 0 aliphatic carbocycles. The van der Waals surface area contributed by atoms with Crippen molar-refractivity contribution in [2.75, 3.05) is 57.4 Å². The number of benzene rings is 1. The Morgan fingerprint density at radius 2 is 1.90 bits per heavy atom. The molecule has 0 aromatic heterocycles. The molecule has 0 bridgehead atoms. The van der Waals surface area contributed by atoms with Gasteiger partial charge in [-0.05, 0) is 37.2 Å². The van der Waals surface area contributed by atoms with E-state index in [2.05, 4.69) is 15.1 Å². The predicted molar refractivity (Wildman–Crippen MR) is 82.3 cm³/mol. The van der Waals surface area contributed by atoms with Crippen LogP contribution >= 0.6 is 0 Å². The van der Waals surface area contributed by atoms with E-state index in [1.165, 1.54) is 12.1 Å². The van der Waals surface area contributed by atoms with E-state index in [4.69, 9.17) is 4.74 Å². The molecule has 2 fully saturated rings. The largest absolute Gasteiger partial charge is 0.379 e. The van der Waals surface area contributed by atoms with Crippen LogP contribution < -0.4 is 10.2 Å². The maximum Gasteiger partial charge on any atom is 0.123 e. The van der Waals surface area contributed by atoms with Gasteiger partial charge in [-0.1, -0.05) is 0 Å². The molecule has 1 aromatic rings. The van der Waals surface area contributed by atoms with Crippen molar-refractivity contribution in [3.8, 4) is 0 Å². The van der Waals surface area contributed by atoms with Crippen LogP contribution in [-0.4, -0.2) is 63.4 Å².